The molecule has 0 aromatic heterocycles. The Balaban J connectivity index is 1.83. The first-order valence-electron chi connectivity index (χ1n) is 9.65. The summed E-state index contributed by atoms with van der Waals surface area (Å²) in [6, 6.07) is 13.7. The second-order valence-electron chi connectivity index (χ2n) is 7.54. The fraction of sp³-hybridized carbons (Fsp3) is 0.261. The SMILES string of the molecule is CC(C)OC(=O)c1cccc(NC2=C(Cl)C(=O)N(c3ccc(C(C)C)cc3)C2=O)c1. The number of anilines is 2. The number of esters is 1. The second-order valence-corrected chi connectivity index (χ2v) is 7.92. The average molecular weight is 427 g/mol. The van der Waals surface area contributed by atoms with Crippen LogP contribution >= 0.6 is 11.6 Å². The van der Waals surface area contributed by atoms with Gasteiger partial charge in [0.05, 0.1) is 17.4 Å². The largest absolute Gasteiger partial charge is 0.459 e. The molecule has 156 valence electrons. The lowest BCUT2D eigenvalue weighted by Gasteiger charge is -2.16. The van der Waals surface area contributed by atoms with Gasteiger partial charge in [-0.25, -0.2) is 9.69 Å². The molecule has 0 fully saturated rings. The van der Waals surface area contributed by atoms with Gasteiger partial charge in [-0.1, -0.05) is 43.6 Å². The van der Waals surface area contributed by atoms with Gasteiger partial charge < -0.3 is 10.1 Å². The van der Waals surface area contributed by atoms with Gasteiger partial charge >= 0.3 is 5.97 Å². The summed E-state index contributed by atoms with van der Waals surface area (Å²) in [5.41, 5.74) is 2.27. The molecule has 0 bridgehead atoms. The van der Waals surface area contributed by atoms with Crippen LogP contribution in [0.4, 0.5) is 11.4 Å². The predicted octanol–water partition coefficient (Wildman–Crippen LogP) is 4.81. The maximum absolute atomic E-state index is 12.9. The molecule has 7 heteroatoms. The summed E-state index contributed by atoms with van der Waals surface area (Å²) in [4.78, 5) is 38.7. The molecule has 0 aliphatic carbocycles. The highest BCUT2D eigenvalue weighted by atomic mass is 35.5. The highest BCUT2D eigenvalue weighted by Crippen LogP contribution is 2.31. The number of carbonyl (C=O) groups is 3. The zero-order valence-corrected chi connectivity index (χ0v) is 18.0. The Morgan fingerprint density at radius 2 is 1.67 bits per heavy atom. The van der Waals surface area contributed by atoms with Crippen molar-refractivity contribution in [3.8, 4) is 0 Å². The van der Waals surface area contributed by atoms with E-state index >= 15 is 0 Å². The summed E-state index contributed by atoms with van der Waals surface area (Å²) in [6.45, 7) is 7.64. The highest BCUT2D eigenvalue weighted by molar-refractivity contribution is 6.53. The molecule has 0 unspecified atom stereocenters. The second kappa shape index (κ2) is 8.71. The fourth-order valence-corrected chi connectivity index (χ4v) is 3.22. The summed E-state index contributed by atoms with van der Waals surface area (Å²) in [7, 11) is 0. The van der Waals surface area contributed by atoms with E-state index in [4.69, 9.17) is 16.3 Å². The minimum Gasteiger partial charge on any atom is -0.459 e. The molecule has 1 heterocycles. The van der Waals surface area contributed by atoms with Crippen LogP contribution in [0.15, 0.2) is 59.3 Å². The first-order valence-corrected chi connectivity index (χ1v) is 10.0. The van der Waals surface area contributed by atoms with Gasteiger partial charge in [-0.3, -0.25) is 9.59 Å². The van der Waals surface area contributed by atoms with E-state index in [1.807, 2.05) is 12.1 Å². The number of halogens is 1. The summed E-state index contributed by atoms with van der Waals surface area (Å²) >= 11 is 6.18. The number of nitrogens with one attached hydrogen (secondary N) is 1. The Labute approximate surface area is 180 Å². The van der Waals surface area contributed by atoms with Crippen molar-refractivity contribution < 1.29 is 19.1 Å². The Bertz CT molecular complexity index is 1030. The van der Waals surface area contributed by atoms with Crippen molar-refractivity contribution in [3.05, 3.63) is 70.4 Å². The fourth-order valence-electron chi connectivity index (χ4n) is 3.00. The van der Waals surface area contributed by atoms with E-state index in [0.29, 0.717) is 22.9 Å². The summed E-state index contributed by atoms with van der Waals surface area (Å²) in [6.07, 6.45) is -0.254. The molecule has 2 aromatic rings. The number of rotatable bonds is 6. The number of hydrogen-bond acceptors (Lipinski definition) is 5. The molecular formula is C23H23ClN2O4. The van der Waals surface area contributed by atoms with E-state index in [2.05, 4.69) is 19.2 Å². The first-order chi connectivity index (χ1) is 14.2. The van der Waals surface area contributed by atoms with Crippen LogP contribution in [0.3, 0.4) is 0 Å². The average Bonchev–Trinajstić information content (AvgIpc) is 2.91. The van der Waals surface area contributed by atoms with Gasteiger partial charge in [0.15, 0.2) is 0 Å². The maximum atomic E-state index is 12.9. The molecule has 1 aliphatic rings. The van der Waals surface area contributed by atoms with Crippen LogP contribution in [-0.2, 0) is 14.3 Å². The standard InChI is InChI=1S/C23H23ClN2O4/c1-13(2)15-8-10-18(11-9-15)26-21(27)19(24)20(22(26)28)25-17-7-5-6-16(12-17)23(29)30-14(3)4/h5-14,25H,1-4H3. The summed E-state index contributed by atoms with van der Waals surface area (Å²) in [5.74, 6) is -1.30. The number of nitrogens with zero attached hydrogens (tertiary/aromatic N) is 1. The molecular weight excluding hydrogens is 404 g/mol. The van der Waals surface area contributed by atoms with Gasteiger partial charge in [-0.05, 0) is 55.7 Å². The zero-order valence-electron chi connectivity index (χ0n) is 17.2. The van der Waals surface area contributed by atoms with Crippen LogP contribution in [-0.4, -0.2) is 23.9 Å². The number of amides is 2. The number of carbonyl (C=O) groups excluding carboxylic acids is 3. The van der Waals surface area contributed by atoms with Crippen molar-refractivity contribution in [2.24, 2.45) is 0 Å². The lowest BCUT2D eigenvalue weighted by molar-refractivity contribution is -0.120. The number of imide groups is 1. The quantitative estimate of drug-likeness (QED) is 0.529. The van der Waals surface area contributed by atoms with Crippen LogP contribution in [0.25, 0.3) is 0 Å². The first kappa shape index (κ1) is 21.6. The number of ether oxygens (including phenoxy) is 1. The minimum absolute atomic E-state index is 0.0380. The minimum atomic E-state index is -0.600. The maximum Gasteiger partial charge on any atom is 0.338 e. The zero-order chi connectivity index (χ0) is 22.0. The molecule has 2 aromatic carbocycles. The topological polar surface area (TPSA) is 75.7 Å². The predicted molar refractivity (Wildman–Crippen MR) is 117 cm³/mol. The van der Waals surface area contributed by atoms with Crippen molar-refractivity contribution >= 4 is 40.8 Å². The Hall–Kier alpha value is -3.12. The van der Waals surface area contributed by atoms with Gasteiger partial charge in [-0.15, -0.1) is 0 Å². The molecule has 0 saturated carbocycles. The molecule has 30 heavy (non-hydrogen) atoms. The molecule has 0 spiro atoms. The van der Waals surface area contributed by atoms with Crippen LogP contribution in [0.1, 0.15) is 49.5 Å². The normalized spacial score (nSPS) is 14.2. The Kier molecular flexibility index (Phi) is 6.27. The van der Waals surface area contributed by atoms with Crippen LogP contribution in [0, 0.1) is 0 Å². The molecule has 2 amide bonds. The Morgan fingerprint density at radius 3 is 2.27 bits per heavy atom. The third kappa shape index (κ3) is 4.39. The van der Waals surface area contributed by atoms with E-state index < -0.39 is 17.8 Å². The van der Waals surface area contributed by atoms with Crippen LogP contribution in [0.5, 0.6) is 0 Å². The van der Waals surface area contributed by atoms with Crippen molar-refractivity contribution in [1.82, 2.24) is 0 Å². The van der Waals surface area contributed by atoms with E-state index in [1.165, 1.54) is 0 Å². The smallest absolute Gasteiger partial charge is 0.338 e. The van der Waals surface area contributed by atoms with Gasteiger partial charge in [0.1, 0.15) is 10.7 Å². The molecule has 1 N–H and O–H groups in total. The summed E-state index contributed by atoms with van der Waals surface area (Å²) in [5, 5.41) is 2.67. The Morgan fingerprint density at radius 1 is 1.00 bits per heavy atom. The van der Waals surface area contributed by atoms with E-state index in [1.54, 1.807) is 50.2 Å². The molecule has 6 nitrogen and oxygen atoms in total. The van der Waals surface area contributed by atoms with Gasteiger partial charge in [0, 0.05) is 5.69 Å². The van der Waals surface area contributed by atoms with Crippen molar-refractivity contribution in [1.29, 1.82) is 0 Å². The number of hydrogen-bond donors (Lipinski definition) is 1. The van der Waals surface area contributed by atoms with Crippen LogP contribution in [0.2, 0.25) is 0 Å². The van der Waals surface area contributed by atoms with E-state index in [9.17, 15) is 14.4 Å². The molecule has 1 aliphatic heterocycles. The number of benzene rings is 2. The summed E-state index contributed by atoms with van der Waals surface area (Å²) < 4.78 is 5.19. The third-order valence-electron chi connectivity index (χ3n) is 4.56. The van der Waals surface area contributed by atoms with Crippen molar-refractivity contribution in [2.45, 2.75) is 39.7 Å². The van der Waals surface area contributed by atoms with E-state index in [0.717, 1.165) is 10.5 Å². The van der Waals surface area contributed by atoms with Gasteiger partial charge in [-0.2, -0.15) is 0 Å². The highest BCUT2D eigenvalue weighted by Gasteiger charge is 2.39. The molecule has 0 saturated heterocycles. The monoisotopic (exact) mass is 426 g/mol. The lowest BCUT2D eigenvalue weighted by Crippen LogP contribution is -2.32. The molecule has 0 atom stereocenters. The van der Waals surface area contributed by atoms with Crippen molar-refractivity contribution in [2.75, 3.05) is 10.2 Å². The van der Waals surface area contributed by atoms with E-state index in [-0.39, 0.29) is 16.8 Å². The van der Waals surface area contributed by atoms with Crippen molar-refractivity contribution in [3.63, 3.8) is 0 Å². The van der Waals surface area contributed by atoms with Gasteiger partial charge in [0.2, 0.25) is 0 Å². The van der Waals surface area contributed by atoms with Gasteiger partial charge in [0.25, 0.3) is 11.8 Å². The molecule has 0 radical (unpaired) electrons. The molecule has 3 rings (SSSR count). The van der Waals surface area contributed by atoms with Crippen LogP contribution < -0.4 is 10.2 Å². The lowest BCUT2D eigenvalue weighted by atomic mass is 10.0. The third-order valence-corrected chi connectivity index (χ3v) is 4.91.